The van der Waals surface area contributed by atoms with Gasteiger partial charge in [0.15, 0.2) is 0 Å². The minimum atomic E-state index is -0.349. The molecule has 1 aromatic heterocycles. The molecule has 0 fully saturated rings. The fourth-order valence-electron chi connectivity index (χ4n) is 1.21. The van der Waals surface area contributed by atoms with Crippen molar-refractivity contribution in [3.05, 3.63) is 12.2 Å². The molecule has 17 heavy (non-hydrogen) atoms. The molecule has 0 aliphatic rings. The number of esters is 1. The second kappa shape index (κ2) is 7.37. The van der Waals surface area contributed by atoms with Gasteiger partial charge in [-0.05, 0) is 6.92 Å². The molecule has 1 heterocycles. The molecule has 7 nitrogen and oxygen atoms in total. The lowest BCUT2D eigenvalue weighted by atomic mass is 10.3. The highest BCUT2D eigenvalue weighted by Gasteiger charge is 2.07. The van der Waals surface area contributed by atoms with Crippen LogP contribution >= 0.6 is 0 Å². The number of hydrogen-bond acceptors (Lipinski definition) is 5. The summed E-state index contributed by atoms with van der Waals surface area (Å²) in [5.41, 5.74) is 0. The van der Waals surface area contributed by atoms with Crippen LogP contribution in [-0.4, -0.2) is 40.2 Å². The normalized spacial score (nSPS) is 9.94. The van der Waals surface area contributed by atoms with Crippen molar-refractivity contribution in [2.24, 2.45) is 0 Å². The predicted octanol–water partition coefficient (Wildman–Crippen LogP) is -0.193. The maximum Gasteiger partial charge on any atom is 0.306 e. The molecule has 94 valence electrons. The zero-order chi connectivity index (χ0) is 12.5. The molecule has 0 aromatic carbocycles. The summed E-state index contributed by atoms with van der Waals surface area (Å²) in [6, 6.07) is 0. The zero-order valence-corrected chi connectivity index (χ0v) is 9.73. The van der Waals surface area contributed by atoms with E-state index in [9.17, 15) is 9.59 Å². The van der Waals surface area contributed by atoms with Crippen LogP contribution in [0, 0.1) is 0 Å². The first kappa shape index (κ1) is 13.1. The van der Waals surface area contributed by atoms with E-state index in [1.165, 1.54) is 6.33 Å². The Bertz CT molecular complexity index is 350. The number of ether oxygens (including phenoxy) is 1. The van der Waals surface area contributed by atoms with Crippen molar-refractivity contribution in [1.29, 1.82) is 0 Å². The monoisotopic (exact) mass is 240 g/mol. The highest BCUT2D eigenvalue weighted by molar-refractivity contribution is 5.81. The maximum absolute atomic E-state index is 11.3. The van der Waals surface area contributed by atoms with Gasteiger partial charge in [0.1, 0.15) is 12.2 Å². The van der Waals surface area contributed by atoms with E-state index < -0.39 is 0 Å². The number of carbonyl (C=O) groups excluding carboxylic acids is 2. The van der Waals surface area contributed by atoms with Crippen molar-refractivity contribution < 1.29 is 14.3 Å². The van der Waals surface area contributed by atoms with Crippen LogP contribution in [-0.2, 0) is 20.7 Å². The van der Waals surface area contributed by atoms with Crippen LogP contribution in [0.5, 0.6) is 0 Å². The highest BCUT2D eigenvalue weighted by atomic mass is 16.5. The van der Waals surface area contributed by atoms with Gasteiger partial charge in [0.05, 0.1) is 13.0 Å². The van der Waals surface area contributed by atoms with Crippen LogP contribution < -0.4 is 5.32 Å². The van der Waals surface area contributed by atoms with Gasteiger partial charge in [-0.1, -0.05) is 0 Å². The summed E-state index contributed by atoms with van der Waals surface area (Å²) < 4.78 is 4.71. The standard InChI is InChI=1S/C10H16N4O3/c1-2-17-10(16)4-3-9(15)11-6-5-8-12-7-13-14-8/h7H,2-6H2,1H3,(H,11,15)(H,12,13,14). The van der Waals surface area contributed by atoms with Gasteiger partial charge in [0, 0.05) is 19.4 Å². The Balaban J connectivity index is 2.07. The predicted molar refractivity (Wildman–Crippen MR) is 59.0 cm³/mol. The Morgan fingerprint density at radius 1 is 1.47 bits per heavy atom. The summed E-state index contributed by atoms with van der Waals surface area (Å²) in [4.78, 5) is 26.2. The van der Waals surface area contributed by atoms with Crippen molar-refractivity contribution in [3.8, 4) is 0 Å². The average Bonchev–Trinajstić information content (AvgIpc) is 2.80. The van der Waals surface area contributed by atoms with Crippen LogP contribution in [0.4, 0.5) is 0 Å². The smallest absolute Gasteiger partial charge is 0.306 e. The van der Waals surface area contributed by atoms with Crippen LogP contribution in [0.25, 0.3) is 0 Å². The second-order valence-electron chi connectivity index (χ2n) is 3.34. The Labute approximate surface area is 99.0 Å². The van der Waals surface area contributed by atoms with E-state index in [1.54, 1.807) is 6.92 Å². The van der Waals surface area contributed by atoms with Crippen LogP contribution in [0.3, 0.4) is 0 Å². The van der Waals surface area contributed by atoms with E-state index in [2.05, 4.69) is 20.5 Å². The third-order valence-corrected chi connectivity index (χ3v) is 2.01. The molecule has 1 rings (SSSR count). The SMILES string of the molecule is CCOC(=O)CCC(=O)NCCc1ncn[nH]1. The summed E-state index contributed by atoms with van der Waals surface area (Å²) in [5.74, 6) is 0.200. The molecule has 0 bridgehead atoms. The number of aromatic amines is 1. The lowest BCUT2D eigenvalue weighted by Crippen LogP contribution is -2.26. The number of carbonyl (C=O) groups is 2. The van der Waals surface area contributed by atoms with E-state index in [4.69, 9.17) is 4.74 Å². The van der Waals surface area contributed by atoms with Gasteiger partial charge in [0.25, 0.3) is 0 Å². The Morgan fingerprint density at radius 2 is 2.29 bits per heavy atom. The van der Waals surface area contributed by atoms with E-state index in [0.29, 0.717) is 19.6 Å². The van der Waals surface area contributed by atoms with Crippen molar-refractivity contribution in [2.45, 2.75) is 26.2 Å². The molecular weight excluding hydrogens is 224 g/mol. The number of nitrogens with zero attached hydrogens (tertiary/aromatic N) is 2. The van der Waals surface area contributed by atoms with Gasteiger partial charge in [-0.25, -0.2) is 4.98 Å². The van der Waals surface area contributed by atoms with Gasteiger partial charge in [-0.15, -0.1) is 0 Å². The summed E-state index contributed by atoms with van der Waals surface area (Å²) in [5, 5.41) is 9.07. The molecule has 7 heteroatoms. The first-order valence-corrected chi connectivity index (χ1v) is 5.49. The zero-order valence-electron chi connectivity index (χ0n) is 9.73. The van der Waals surface area contributed by atoms with Crippen molar-refractivity contribution in [2.75, 3.05) is 13.2 Å². The van der Waals surface area contributed by atoms with Crippen molar-refractivity contribution >= 4 is 11.9 Å². The van der Waals surface area contributed by atoms with Crippen molar-refractivity contribution in [3.63, 3.8) is 0 Å². The minimum Gasteiger partial charge on any atom is -0.466 e. The fourth-order valence-corrected chi connectivity index (χ4v) is 1.21. The number of aromatic nitrogens is 3. The van der Waals surface area contributed by atoms with E-state index in [-0.39, 0.29) is 24.7 Å². The molecular formula is C10H16N4O3. The van der Waals surface area contributed by atoms with Crippen LogP contribution in [0.15, 0.2) is 6.33 Å². The summed E-state index contributed by atoms with van der Waals surface area (Å²) in [6.07, 6.45) is 2.26. The van der Waals surface area contributed by atoms with Gasteiger partial charge in [-0.2, -0.15) is 5.10 Å². The Hall–Kier alpha value is -1.92. The molecule has 0 saturated heterocycles. The molecule has 0 atom stereocenters. The molecule has 0 radical (unpaired) electrons. The summed E-state index contributed by atoms with van der Waals surface area (Å²) in [6.45, 7) is 2.54. The van der Waals surface area contributed by atoms with Gasteiger partial charge >= 0.3 is 5.97 Å². The first-order chi connectivity index (χ1) is 8.22. The molecule has 0 saturated carbocycles. The first-order valence-electron chi connectivity index (χ1n) is 5.49. The quantitative estimate of drug-likeness (QED) is 0.644. The summed E-state index contributed by atoms with van der Waals surface area (Å²) in [7, 11) is 0. The molecule has 2 N–H and O–H groups in total. The molecule has 0 aliphatic heterocycles. The number of rotatable bonds is 7. The lowest BCUT2D eigenvalue weighted by Gasteiger charge is -2.03. The van der Waals surface area contributed by atoms with Crippen LogP contribution in [0.2, 0.25) is 0 Å². The fraction of sp³-hybridized carbons (Fsp3) is 0.600. The highest BCUT2D eigenvalue weighted by Crippen LogP contribution is 1.93. The van der Waals surface area contributed by atoms with Gasteiger partial charge < -0.3 is 10.1 Å². The minimum absolute atomic E-state index is 0.113. The van der Waals surface area contributed by atoms with E-state index in [1.807, 2.05) is 0 Å². The van der Waals surface area contributed by atoms with E-state index in [0.717, 1.165) is 5.82 Å². The van der Waals surface area contributed by atoms with Crippen LogP contribution in [0.1, 0.15) is 25.6 Å². The lowest BCUT2D eigenvalue weighted by molar-refractivity contribution is -0.144. The van der Waals surface area contributed by atoms with Gasteiger partial charge in [-0.3, -0.25) is 14.7 Å². The molecule has 1 amide bonds. The molecule has 1 aromatic rings. The largest absolute Gasteiger partial charge is 0.466 e. The number of H-pyrrole nitrogens is 1. The molecule has 0 aliphatic carbocycles. The molecule has 0 spiro atoms. The molecule has 0 unspecified atom stereocenters. The number of nitrogens with one attached hydrogen (secondary N) is 2. The number of amides is 1. The third-order valence-electron chi connectivity index (χ3n) is 2.01. The second-order valence-corrected chi connectivity index (χ2v) is 3.34. The average molecular weight is 240 g/mol. The van der Waals surface area contributed by atoms with E-state index >= 15 is 0 Å². The number of hydrogen-bond donors (Lipinski definition) is 2. The third kappa shape index (κ3) is 5.64. The topological polar surface area (TPSA) is 97.0 Å². The maximum atomic E-state index is 11.3. The van der Waals surface area contributed by atoms with Crippen molar-refractivity contribution in [1.82, 2.24) is 20.5 Å². The van der Waals surface area contributed by atoms with Gasteiger partial charge in [0.2, 0.25) is 5.91 Å². The Kier molecular flexibility index (Phi) is 5.70. The summed E-state index contributed by atoms with van der Waals surface area (Å²) >= 11 is 0. The Morgan fingerprint density at radius 3 is 2.94 bits per heavy atom.